The number of anilines is 1. The van der Waals surface area contributed by atoms with Crippen LogP contribution in [-0.2, 0) is 11.2 Å². The van der Waals surface area contributed by atoms with Crippen LogP contribution in [0.3, 0.4) is 0 Å². The van der Waals surface area contributed by atoms with Gasteiger partial charge in [0.2, 0.25) is 0 Å². The van der Waals surface area contributed by atoms with E-state index in [1.807, 2.05) is 24.3 Å². The summed E-state index contributed by atoms with van der Waals surface area (Å²) < 4.78 is 0. The highest BCUT2D eigenvalue weighted by molar-refractivity contribution is 6.08. The molecule has 0 radical (unpaired) electrons. The zero-order valence-electron chi connectivity index (χ0n) is 13.3. The molecule has 0 bridgehead atoms. The summed E-state index contributed by atoms with van der Waals surface area (Å²) in [7, 11) is 0. The molecule has 1 atom stereocenters. The van der Waals surface area contributed by atoms with Crippen molar-refractivity contribution < 1.29 is 14.7 Å². The molecule has 3 N–H and O–H groups in total. The van der Waals surface area contributed by atoms with Crippen molar-refractivity contribution in [1.82, 2.24) is 0 Å². The van der Waals surface area contributed by atoms with E-state index in [-0.39, 0.29) is 18.4 Å². The molecule has 1 unspecified atom stereocenters. The predicted molar refractivity (Wildman–Crippen MR) is 92.3 cm³/mol. The number of carboxylic acid groups (broad SMARTS) is 1. The van der Waals surface area contributed by atoms with E-state index in [9.17, 15) is 14.7 Å². The van der Waals surface area contributed by atoms with Crippen molar-refractivity contribution in [1.29, 1.82) is 0 Å². The molecule has 3 rings (SSSR count). The lowest BCUT2D eigenvalue weighted by atomic mass is 10.0. The summed E-state index contributed by atoms with van der Waals surface area (Å²) in [6, 6.07) is 14.4. The number of hydrogen-bond acceptors (Lipinski definition) is 3. The Hall–Kier alpha value is -2.66. The first kappa shape index (κ1) is 16.2. The van der Waals surface area contributed by atoms with E-state index in [0.717, 1.165) is 18.4 Å². The van der Waals surface area contributed by atoms with Crippen molar-refractivity contribution in [3.05, 3.63) is 65.2 Å². The van der Waals surface area contributed by atoms with Gasteiger partial charge in [-0.25, -0.2) is 0 Å². The van der Waals surface area contributed by atoms with E-state index in [1.54, 1.807) is 24.3 Å². The molecule has 1 amide bonds. The number of rotatable bonds is 5. The number of carbonyl (C=O) groups excluding carboxylic acids is 1. The average molecular weight is 324 g/mol. The van der Waals surface area contributed by atoms with Gasteiger partial charge in [0, 0.05) is 11.3 Å². The number of aliphatic carboxylic acids is 1. The van der Waals surface area contributed by atoms with Crippen molar-refractivity contribution in [2.24, 2.45) is 5.73 Å². The monoisotopic (exact) mass is 324 g/mol. The largest absolute Gasteiger partial charge is 0.480 e. The maximum Gasteiger partial charge on any atom is 0.323 e. The van der Waals surface area contributed by atoms with E-state index in [2.05, 4.69) is 0 Å². The fourth-order valence-electron chi connectivity index (χ4n) is 3.24. The third kappa shape index (κ3) is 3.16. The minimum atomic E-state index is -1.05. The quantitative estimate of drug-likeness (QED) is 0.884. The van der Waals surface area contributed by atoms with Crippen molar-refractivity contribution >= 4 is 17.6 Å². The zero-order chi connectivity index (χ0) is 17.1. The number of carbonyl (C=O) groups is 2. The van der Waals surface area contributed by atoms with Crippen LogP contribution < -0.4 is 10.6 Å². The minimum absolute atomic E-state index is 0.276. The second-order valence-electron chi connectivity index (χ2n) is 6.01. The van der Waals surface area contributed by atoms with Crippen molar-refractivity contribution in [2.75, 3.05) is 18.0 Å². The maximum absolute atomic E-state index is 12.8. The Kier molecular flexibility index (Phi) is 4.62. The number of benzene rings is 2. The maximum atomic E-state index is 12.8. The fourth-order valence-corrected chi connectivity index (χ4v) is 3.24. The molecular weight excluding hydrogens is 304 g/mol. The molecule has 1 aliphatic carbocycles. The number of nitrogens with zero attached hydrogens (tertiary/aromatic N) is 1. The highest BCUT2D eigenvalue weighted by Crippen LogP contribution is 2.35. The molecule has 0 aliphatic heterocycles. The van der Waals surface area contributed by atoms with Crippen LogP contribution in [0.1, 0.15) is 33.8 Å². The molecule has 2 aromatic carbocycles. The minimum Gasteiger partial charge on any atom is -0.480 e. The molecule has 0 spiro atoms. The van der Waals surface area contributed by atoms with Crippen LogP contribution in [0.4, 0.5) is 5.69 Å². The summed E-state index contributed by atoms with van der Waals surface area (Å²) in [5.41, 5.74) is 9.26. The first-order valence-corrected chi connectivity index (χ1v) is 8.01. The molecule has 0 saturated carbocycles. The number of carboxylic acids is 1. The molecule has 1 aliphatic rings. The van der Waals surface area contributed by atoms with Gasteiger partial charge in [0.25, 0.3) is 5.91 Å². The molecule has 5 nitrogen and oxygen atoms in total. The summed E-state index contributed by atoms with van der Waals surface area (Å²) in [6.45, 7) is 0.182. The number of nitrogens with two attached hydrogens (primary N) is 1. The number of aryl methyl sites for hydroxylation is 1. The molecule has 24 heavy (non-hydrogen) atoms. The van der Waals surface area contributed by atoms with Gasteiger partial charge < -0.3 is 10.8 Å². The second-order valence-corrected chi connectivity index (χ2v) is 6.01. The van der Waals surface area contributed by atoms with Crippen molar-refractivity contribution in [3.8, 4) is 0 Å². The highest BCUT2D eigenvalue weighted by atomic mass is 16.4. The van der Waals surface area contributed by atoms with Gasteiger partial charge in [-0.1, -0.05) is 24.3 Å². The Balaban J connectivity index is 1.98. The summed E-state index contributed by atoms with van der Waals surface area (Å²) in [6.07, 6.45) is 1.98. The van der Waals surface area contributed by atoms with Gasteiger partial charge in [0.15, 0.2) is 0 Å². The lowest BCUT2D eigenvalue weighted by Gasteiger charge is -2.22. The SMILES string of the molecule is NCC1CCc2ccc(N(CC(=O)O)C(=O)c3ccccc3)cc21. The van der Waals surface area contributed by atoms with Gasteiger partial charge in [0.05, 0.1) is 0 Å². The van der Waals surface area contributed by atoms with E-state index in [1.165, 1.54) is 10.5 Å². The molecule has 0 saturated heterocycles. The topological polar surface area (TPSA) is 83.6 Å². The first-order chi connectivity index (χ1) is 11.6. The molecule has 0 heterocycles. The van der Waals surface area contributed by atoms with Crippen LogP contribution >= 0.6 is 0 Å². The standard InChI is InChI=1S/C19H20N2O3/c20-11-15-7-6-13-8-9-16(10-17(13)15)21(12-18(22)23)19(24)14-4-2-1-3-5-14/h1-5,8-10,15H,6-7,11-12,20H2,(H,22,23). The van der Waals surface area contributed by atoms with Gasteiger partial charge >= 0.3 is 5.97 Å². The Morgan fingerprint density at radius 3 is 2.58 bits per heavy atom. The van der Waals surface area contributed by atoms with E-state index in [0.29, 0.717) is 17.8 Å². The lowest BCUT2D eigenvalue weighted by molar-refractivity contribution is -0.135. The Morgan fingerprint density at radius 1 is 1.17 bits per heavy atom. The summed E-state index contributed by atoms with van der Waals surface area (Å²) in [5.74, 6) is -1.09. The van der Waals surface area contributed by atoms with Gasteiger partial charge in [-0.2, -0.15) is 0 Å². The van der Waals surface area contributed by atoms with Crippen LogP contribution in [0.15, 0.2) is 48.5 Å². The summed E-state index contributed by atoms with van der Waals surface area (Å²) in [4.78, 5) is 25.3. The normalized spacial score (nSPS) is 15.8. The third-order valence-corrected chi connectivity index (χ3v) is 4.49. The van der Waals surface area contributed by atoms with Crippen LogP contribution in [0.5, 0.6) is 0 Å². The highest BCUT2D eigenvalue weighted by Gasteiger charge is 2.25. The molecule has 0 aromatic heterocycles. The van der Waals surface area contributed by atoms with Crippen LogP contribution in [0, 0.1) is 0 Å². The molecule has 124 valence electrons. The lowest BCUT2D eigenvalue weighted by Crippen LogP contribution is -2.35. The van der Waals surface area contributed by atoms with Crippen LogP contribution in [0.2, 0.25) is 0 Å². The van der Waals surface area contributed by atoms with E-state index < -0.39 is 5.97 Å². The van der Waals surface area contributed by atoms with E-state index in [4.69, 9.17) is 5.73 Å². The Labute approximate surface area is 140 Å². The van der Waals surface area contributed by atoms with Gasteiger partial charge in [-0.05, 0) is 60.7 Å². The third-order valence-electron chi connectivity index (χ3n) is 4.49. The number of amides is 1. The Morgan fingerprint density at radius 2 is 1.92 bits per heavy atom. The van der Waals surface area contributed by atoms with Crippen molar-refractivity contribution in [2.45, 2.75) is 18.8 Å². The zero-order valence-corrected chi connectivity index (χ0v) is 13.3. The fraction of sp³-hybridized carbons (Fsp3) is 0.263. The summed E-state index contributed by atoms with van der Waals surface area (Å²) >= 11 is 0. The number of fused-ring (bicyclic) bond motifs is 1. The molecule has 0 fully saturated rings. The first-order valence-electron chi connectivity index (χ1n) is 8.01. The van der Waals surface area contributed by atoms with Gasteiger partial charge in [0.1, 0.15) is 6.54 Å². The predicted octanol–water partition coefficient (Wildman–Crippen LogP) is 2.41. The van der Waals surface area contributed by atoms with Crippen LogP contribution in [-0.4, -0.2) is 30.1 Å². The molecule has 5 heteroatoms. The smallest absolute Gasteiger partial charge is 0.323 e. The van der Waals surface area contributed by atoms with E-state index >= 15 is 0 Å². The second kappa shape index (κ2) is 6.84. The molecular formula is C19H20N2O3. The average Bonchev–Trinajstić information content (AvgIpc) is 3.02. The van der Waals surface area contributed by atoms with Crippen LogP contribution in [0.25, 0.3) is 0 Å². The Bertz CT molecular complexity index is 758. The van der Waals surface area contributed by atoms with Crippen molar-refractivity contribution in [3.63, 3.8) is 0 Å². The summed E-state index contributed by atoms with van der Waals surface area (Å²) in [5, 5.41) is 9.22. The van der Waals surface area contributed by atoms with Gasteiger partial charge in [-0.15, -0.1) is 0 Å². The molecule has 2 aromatic rings. The van der Waals surface area contributed by atoms with Gasteiger partial charge in [-0.3, -0.25) is 14.5 Å². The number of hydrogen-bond donors (Lipinski definition) is 2.